The average Bonchev–Trinajstić information content (AvgIpc) is 3.25. The first-order chi connectivity index (χ1) is 12.1. The number of allylic oxidation sites excluding steroid dienone is 1. The molecule has 0 unspecified atom stereocenters. The minimum absolute atomic E-state index is 0.0641. The summed E-state index contributed by atoms with van der Waals surface area (Å²) in [5.74, 6) is -0.335. The van der Waals surface area contributed by atoms with Crippen LogP contribution in [0.25, 0.3) is 0 Å². The molecule has 1 aliphatic rings. The molecule has 2 aromatic heterocycles. The number of amides is 2. The monoisotopic (exact) mass is 344 g/mol. The molecule has 0 bridgehead atoms. The highest BCUT2D eigenvalue weighted by atomic mass is 16.5. The number of aryl methyl sites for hydroxylation is 1. The third kappa shape index (κ3) is 4.56. The molecular weight excluding hydrogens is 324 g/mol. The summed E-state index contributed by atoms with van der Waals surface area (Å²) in [4.78, 5) is 27.9. The highest BCUT2D eigenvalue weighted by Gasteiger charge is 2.17. The van der Waals surface area contributed by atoms with E-state index in [4.69, 9.17) is 8.94 Å². The molecule has 3 rings (SSSR count). The van der Waals surface area contributed by atoms with E-state index in [0.29, 0.717) is 12.3 Å². The van der Waals surface area contributed by atoms with Gasteiger partial charge in [0.2, 0.25) is 0 Å². The van der Waals surface area contributed by atoms with E-state index >= 15 is 0 Å². The van der Waals surface area contributed by atoms with E-state index in [0.717, 1.165) is 19.3 Å². The molecule has 1 aliphatic carbocycles. The third-order valence-electron chi connectivity index (χ3n) is 3.93. The van der Waals surface area contributed by atoms with Gasteiger partial charge in [0, 0.05) is 12.6 Å². The van der Waals surface area contributed by atoms with Crippen molar-refractivity contribution in [1.82, 2.24) is 15.5 Å². The van der Waals surface area contributed by atoms with Gasteiger partial charge in [-0.1, -0.05) is 16.8 Å². The van der Waals surface area contributed by atoms with Crippen LogP contribution in [0.4, 0.5) is 6.01 Å². The molecule has 0 atom stereocenters. The SMILES string of the molecule is Cc1cc(C(=O)Nc2nc(C(=O)NCCC3=CCCCC3)co2)no1. The molecule has 2 amide bonds. The normalized spacial score (nSPS) is 14.0. The van der Waals surface area contributed by atoms with Gasteiger partial charge >= 0.3 is 6.01 Å². The number of nitrogens with zero attached hydrogens (tertiary/aromatic N) is 2. The second kappa shape index (κ2) is 7.78. The molecule has 0 aromatic carbocycles. The second-order valence-electron chi connectivity index (χ2n) is 5.93. The summed E-state index contributed by atoms with van der Waals surface area (Å²) < 4.78 is 9.94. The van der Waals surface area contributed by atoms with Crippen molar-refractivity contribution >= 4 is 17.8 Å². The molecule has 0 fully saturated rings. The van der Waals surface area contributed by atoms with Gasteiger partial charge < -0.3 is 14.3 Å². The first-order valence-electron chi connectivity index (χ1n) is 8.28. The number of carbonyl (C=O) groups excluding carboxylic acids is 2. The van der Waals surface area contributed by atoms with Crippen LogP contribution in [0.15, 0.2) is 32.9 Å². The Morgan fingerprint density at radius 2 is 2.12 bits per heavy atom. The molecule has 0 aliphatic heterocycles. The number of carbonyl (C=O) groups is 2. The molecule has 2 aromatic rings. The van der Waals surface area contributed by atoms with Crippen molar-refractivity contribution in [3.05, 3.63) is 41.1 Å². The van der Waals surface area contributed by atoms with Crippen LogP contribution in [0, 0.1) is 6.92 Å². The molecular formula is C17H20N4O4. The van der Waals surface area contributed by atoms with Crippen LogP contribution in [-0.4, -0.2) is 28.5 Å². The van der Waals surface area contributed by atoms with Gasteiger partial charge in [-0.15, -0.1) is 0 Å². The molecule has 8 heteroatoms. The molecule has 0 saturated carbocycles. The molecule has 0 radical (unpaired) electrons. The maximum absolute atomic E-state index is 12.1. The Hall–Kier alpha value is -2.90. The molecule has 0 spiro atoms. The fraction of sp³-hybridized carbons (Fsp3) is 0.412. The molecule has 2 heterocycles. The van der Waals surface area contributed by atoms with Crippen LogP contribution in [-0.2, 0) is 0 Å². The van der Waals surface area contributed by atoms with Gasteiger partial charge in [-0.3, -0.25) is 14.9 Å². The number of hydrogen-bond acceptors (Lipinski definition) is 6. The predicted molar refractivity (Wildman–Crippen MR) is 89.2 cm³/mol. The average molecular weight is 344 g/mol. The first kappa shape index (κ1) is 16.9. The van der Waals surface area contributed by atoms with E-state index in [1.165, 1.54) is 30.7 Å². The van der Waals surface area contributed by atoms with Crippen LogP contribution in [0.1, 0.15) is 58.8 Å². The van der Waals surface area contributed by atoms with Crippen molar-refractivity contribution in [1.29, 1.82) is 0 Å². The topological polar surface area (TPSA) is 110 Å². The van der Waals surface area contributed by atoms with Crippen LogP contribution in [0.2, 0.25) is 0 Å². The summed E-state index contributed by atoms with van der Waals surface area (Å²) in [7, 11) is 0. The van der Waals surface area contributed by atoms with E-state index in [2.05, 4.69) is 26.9 Å². The van der Waals surface area contributed by atoms with Crippen LogP contribution in [0.3, 0.4) is 0 Å². The summed E-state index contributed by atoms with van der Waals surface area (Å²) in [6.45, 7) is 2.23. The summed E-state index contributed by atoms with van der Waals surface area (Å²) in [6.07, 6.45) is 9.01. The second-order valence-corrected chi connectivity index (χ2v) is 5.93. The molecule has 25 heavy (non-hydrogen) atoms. The Kier molecular flexibility index (Phi) is 5.27. The first-order valence-corrected chi connectivity index (χ1v) is 8.28. The lowest BCUT2D eigenvalue weighted by molar-refractivity contribution is 0.0947. The highest BCUT2D eigenvalue weighted by molar-refractivity contribution is 6.02. The largest absolute Gasteiger partial charge is 0.431 e. The summed E-state index contributed by atoms with van der Waals surface area (Å²) >= 11 is 0. The summed E-state index contributed by atoms with van der Waals surface area (Å²) in [5, 5.41) is 8.83. The quantitative estimate of drug-likeness (QED) is 0.780. The van der Waals surface area contributed by atoms with Gasteiger partial charge in [0.1, 0.15) is 12.0 Å². The number of hydrogen-bond donors (Lipinski definition) is 2. The Bertz CT molecular complexity index is 790. The van der Waals surface area contributed by atoms with Crippen LogP contribution >= 0.6 is 0 Å². The number of anilines is 1. The maximum atomic E-state index is 12.1. The fourth-order valence-electron chi connectivity index (χ4n) is 2.63. The summed E-state index contributed by atoms with van der Waals surface area (Å²) in [6, 6.07) is 1.43. The highest BCUT2D eigenvalue weighted by Crippen LogP contribution is 2.19. The molecule has 8 nitrogen and oxygen atoms in total. The van der Waals surface area contributed by atoms with Gasteiger partial charge in [-0.05, 0) is 39.0 Å². The van der Waals surface area contributed by atoms with Crippen LogP contribution in [0.5, 0.6) is 0 Å². The van der Waals surface area contributed by atoms with Crippen molar-refractivity contribution in [3.8, 4) is 0 Å². The molecule has 132 valence electrons. The van der Waals surface area contributed by atoms with E-state index in [9.17, 15) is 9.59 Å². The Morgan fingerprint density at radius 1 is 1.24 bits per heavy atom. The lowest BCUT2D eigenvalue weighted by Gasteiger charge is -2.12. The Morgan fingerprint density at radius 3 is 2.84 bits per heavy atom. The fourth-order valence-corrected chi connectivity index (χ4v) is 2.63. The number of oxazole rings is 1. The van der Waals surface area contributed by atoms with Gasteiger partial charge in [-0.2, -0.15) is 4.98 Å². The molecule has 2 N–H and O–H groups in total. The Balaban J connectivity index is 1.49. The van der Waals surface area contributed by atoms with E-state index in [1.807, 2.05) is 0 Å². The lowest BCUT2D eigenvalue weighted by Crippen LogP contribution is -2.25. The van der Waals surface area contributed by atoms with Crippen molar-refractivity contribution in [2.75, 3.05) is 11.9 Å². The zero-order valence-corrected chi connectivity index (χ0v) is 14.0. The van der Waals surface area contributed by atoms with E-state index in [1.54, 1.807) is 6.92 Å². The van der Waals surface area contributed by atoms with Crippen molar-refractivity contribution in [3.63, 3.8) is 0 Å². The van der Waals surface area contributed by atoms with Gasteiger partial charge in [-0.25, -0.2) is 0 Å². The zero-order chi connectivity index (χ0) is 17.6. The van der Waals surface area contributed by atoms with Crippen molar-refractivity contribution in [2.24, 2.45) is 0 Å². The summed E-state index contributed by atoms with van der Waals surface area (Å²) in [5.41, 5.74) is 1.62. The zero-order valence-electron chi connectivity index (χ0n) is 14.0. The minimum atomic E-state index is -0.519. The minimum Gasteiger partial charge on any atom is -0.431 e. The Labute approximate surface area is 144 Å². The number of rotatable bonds is 6. The van der Waals surface area contributed by atoms with Gasteiger partial charge in [0.05, 0.1) is 0 Å². The number of nitrogens with one attached hydrogen (secondary N) is 2. The van der Waals surface area contributed by atoms with Crippen LogP contribution < -0.4 is 10.6 Å². The smallest absolute Gasteiger partial charge is 0.302 e. The van der Waals surface area contributed by atoms with Crippen molar-refractivity contribution in [2.45, 2.75) is 39.0 Å². The van der Waals surface area contributed by atoms with Gasteiger partial charge in [0.15, 0.2) is 11.4 Å². The van der Waals surface area contributed by atoms with Gasteiger partial charge in [0.25, 0.3) is 11.8 Å². The third-order valence-corrected chi connectivity index (χ3v) is 3.93. The predicted octanol–water partition coefficient (Wildman–Crippen LogP) is 2.84. The maximum Gasteiger partial charge on any atom is 0.302 e. The van der Waals surface area contributed by atoms with Crippen molar-refractivity contribution < 1.29 is 18.5 Å². The number of aromatic nitrogens is 2. The lowest BCUT2D eigenvalue weighted by atomic mass is 9.97. The molecule has 0 saturated heterocycles. The van der Waals surface area contributed by atoms with E-state index < -0.39 is 5.91 Å². The van der Waals surface area contributed by atoms with E-state index in [-0.39, 0.29) is 23.3 Å². The standard InChI is InChI=1S/C17H20N4O4/c1-11-9-13(21-25-11)16(23)20-17-19-14(10-24-17)15(22)18-8-7-12-5-3-2-4-6-12/h5,9-10H,2-4,6-8H2,1H3,(H,18,22)(H,19,20,23).